The number of nitrogens with two attached hydrogens (primary N) is 1. The molecular weight excluding hydrogens is 192 g/mol. The minimum Gasteiger partial charge on any atom is -0.372 e. The van der Waals surface area contributed by atoms with Crippen molar-refractivity contribution in [1.82, 2.24) is 9.78 Å². The van der Waals surface area contributed by atoms with Crippen LogP contribution in [0.1, 0.15) is 13.3 Å². The molecule has 0 atom stereocenters. The van der Waals surface area contributed by atoms with Crippen molar-refractivity contribution in [3.8, 4) is 0 Å². The van der Waals surface area contributed by atoms with E-state index in [1.165, 1.54) is 4.68 Å². The molecule has 0 fully saturated rings. The lowest BCUT2D eigenvalue weighted by atomic mass is 10.4. The molecular formula is C10H18N4O. The van der Waals surface area contributed by atoms with Crippen molar-refractivity contribution in [2.75, 3.05) is 25.0 Å². The molecule has 1 heterocycles. The second-order valence-corrected chi connectivity index (χ2v) is 3.49. The van der Waals surface area contributed by atoms with Gasteiger partial charge in [0.1, 0.15) is 0 Å². The summed E-state index contributed by atoms with van der Waals surface area (Å²) in [6, 6.07) is 1.60. The van der Waals surface area contributed by atoms with Crippen LogP contribution in [-0.4, -0.2) is 29.9 Å². The quantitative estimate of drug-likeness (QED) is 0.745. The van der Waals surface area contributed by atoms with E-state index in [1.54, 1.807) is 12.3 Å². The summed E-state index contributed by atoms with van der Waals surface area (Å²) in [7, 11) is 1.90. The molecule has 0 unspecified atom stereocenters. The number of aryl methyl sites for hydroxylation is 1. The van der Waals surface area contributed by atoms with E-state index in [4.69, 9.17) is 5.73 Å². The van der Waals surface area contributed by atoms with E-state index < -0.39 is 0 Å². The van der Waals surface area contributed by atoms with Gasteiger partial charge < -0.3 is 10.6 Å². The van der Waals surface area contributed by atoms with Gasteiger partial charge in [-0.15, -0.1) is 0 Å². The molecule has 84 valence electrons. The molecule has 0 radical (unpaired) electrons. The van der Waals surface area contributed by atoms with Crippen molar-refractivity contribution < 1.29 is 0 Å². The van der Waals surface area contributed by atoms with Gasteiger partial charge in [0.15, 0.2) is 0 Å². The van der Waals surface area contributed by atoms with Gasteiger partial charge in [-0.1, -0.05) is 6.92 Å². The second-order valence-electron chi connectivity index (χ2n) is 3.49. The summed E-state index contributed by atoms with van der Waals surface area (Å²) in [5, 5.41) is 4.09. The Bertz CT molecular complexity index is 361. The lowest BCUT2D eigenvalue weighted by molar-refractivity contribution is 0.567. The molecule has 1 aromatic heterocycles. The Morgan fingerprint density at radius 2 is 2.33 bits per heavy atom. The molecule has 0 saturated carbocycles. The fourth-order valence-corrected chi connectivity index (χ4v) is 1.34. The first-order valence-electron chi connectivity index (χ1n) is 5.17. The van der Waals surface area contributed by atoms with Gasteiger partial charge in [-0.2, -0.15) is 5.10 Å². The molecule has 0 aliphatic rings. The Labute approximate surface area is 89.5 Å². The van der Waals surface area contributed by atoms with E-state index >= 15 is 0 Å². The molecule has 0 bridgehead atoms. The fraction of sp³-hybridized carbons (Fsp3) is 0.600. The van der Waals surface area contributed by atoms with E-state index in [0.717, 1.165) is 18.7 Å². The zero-order chi connectivity index (χ0) is 11.3. The average molecular weight is 210 g/mol. The maximum absolute atomic E-state index is 11.6. The van der Waals surface area contributed by atoms with Crippen LogP contribution in [0.25, 0.3) is 0 Å². The Hall–Kier alpha value is -1.36. The third-order valence-corrected chi connectivity index (χ3v) is 2.20. The summed E-state index contributed by atoms with van der Waals surface area (Å²) in [4.78, 5) is 13.5. The minimum atomic E-state index is -0.0572. The number of likely N-dealkylation sites (N-methyl/N-ethyl adjacent to an activating group) is 1. The van der Waals surface area contributed by atoms with Gasteiger partial charge in [0.05, 0.1) is 11.9 Å². The third kappa shape index (κ3) is 3.06. The summed E-state index contributed by atoms with van der Waals surface area (Å²) >= 11 is 0. The lowest BCUT2D eigenvalue weighted by Crippen LogP contribution is -2.28. The highest BCUT2D eigenvalue weighted by molar-refractivity contribution is 5.41. The Morgan fingerprint density at radius 3 is 2.87 bits per heavy atom. The SMILES string of the molecule is CCCn1ncc(N(C)CCN)cc1=O. The van der Waals surface area contributed by atoms with Crippen LogP contribution in [-0.2, 0) is 6.54 Å². The zero-order valence-corrected chi connectivity index (χ0v) is 9.31. The van der Waals surface area contributed by atoms with Crippen LogP contribution in [0.4, 0.5) is 5.69 Å². The van der Waals surface area contributed by atoms with Crippen molar-refractivity contribution in [3.63, 3.8) is 0 Å². The van der Waals surface area contributed by atoms with Crippen LogP contribution < -0.4 is 16.2 Å². The summed E-state index contributed by atoms with van der Waals surface area (Å²) < 4.78 is 1.47. The van der Waals surface area contributed by atoms with Crippen LogP contribution in [0.15, 0.2) is 17.1 Å². The van der Waals surface area contributed by atoms with E-state index in [9.17, 15) is 4.79 Å². The molecule has 0 spiro atoms. The molecule has 0 aliphatic carbocycles. The minimum absolute atomic E-state index is 0.0572. The van der Waals surface area contributed by atoms with E-state index in [1.807, 2.05) is 18.9 Å². The Balaban J connectivity index is 2.86. The Kier molecular flexibility index (Phi) is 4.30. The van der Waals surface area contributed by atoms with Gasteiger partial charge in [0.2, 0.25) is 0 Å². The molecule has 1 rings (SSSR count). The third-order valence-electron chi connectivity index (χ3n) is 2.20. The Morgan fingerprint density at radius 1 is 1.60 bits per heavy atom. The lowest BCUT2D eigenvalue weighted by Gasteiger charge is -2.17. The van der Waals surface area contributed by atoms with Crippen LogP contribution in [0.2, 0.25) is 0 Å². The highest BCUT2D eigenvalue weighted by Gasteiger charge is 2.03. The number of anilines is 1. The van der Waals surface area contributed by atoms with Crippen molar-refractivity contribution >= 4 is 5.69 Å². The first-order valence-corrected chi connectivity index (χ1v) is 5.17. The number of aromatic nitrogens is 2. The first-order chi connectivity index (χ1) is 7.19. The van der Waals surface area contributed by atoms with E-state index in [-0.39, 0.29) is 5.56 Å². The van der Waals surface area contributed by atoms with Crippen molar-refractivity contribution in [2.24, 2.45) is 5.73 Å². The van der Waals surface area contributed by atoms with Gasteiger partial charge in [-0.3, -0.25) is 4.79 Å². The van der Waals surface area contributed by atoms with Gasteiger partial charge in [-0.05, 0) is 6.42 Å². The van der Waals surface area contributed by atoms with Crippen LogP contribution >= 0.6 is 0 Å². The van der Waals surface area contributed by atoms with Crippen molar-refractivity contribution in [1.29, 1.82) is 0 Å². The predicted molar refractivity (Wildman–Crippen MR) is 61.1 cm³/mol. The highest BCUT2D eigenvalue weighted by atomic mass is 16.1. The molecule has 0 aliphatic heterocycles. The van der Waals surface area contributed by atoms with E-state index in [2.05, 4.69) is 5.10 Å². The van der Waals surface area contributed by atoms with Gasteiger partial charge in [0, 0.05) is 32.7 Å². The predicted octanol–water partition coefficient (Wildman–Crippen LogP) is 0.0482. The van der Waals surface area contributed by atoms with Crippen molar-refractivity contribution in [3.05, 3.63) is 22.6 Å². The standard InChI is InChI=1S/C10H18N4O/c1-3-5-14-10(15)7-9(8-12-14)13(2)6-4-11/h7-8H,3-6,11H2,1-2H3. The maximum Gasteiger partial charge on any atom is 0.268 e. The first kappa shape index (κ1) is 11.7. The molecule has 5 heteroatoms. The normalized spacial score (nSPS) is 10.3. The summed E-state index contributed by atoms with van der Waals surface area (Å²) in [5.41, 5.74) is 6.20. The molecule has 0 saturated heterocycles. The monoisotopic (exact) mass is 210 g/mol. The zero-order valence-electron chi connectivity index (χ0n) is 9.31. The van der Waals surface area contributed by atoms with Gasteiger partial charge in [0.25, 0.3) is 5.56 Å². The van der Waals surface area contributed by atoms with Gasteiger partial charge >= 0.3 is 0 Å². The average Bonchev–Trinajstić information content (AvgIpc) is 2.21. The van der Waals surface area contributed by atoms with Crippen LogP contribution in [0.3, 0.4) is 0 Å². The molecule has 1 aromatic rings. The van der Waals surface area contributed by atoms with Gasteiger partial charge in [-0.25, -0.2) is 4.68 Å². The largest absolute Gasteiger partial charge is 0.372 e. The number of nitrogens with zero attached hydrogens (tertiary/aromatic N) is 3. The smallest absolute Gasteiger partial charge is 0.268 e. The number of hydrogen-bond donors (Lipinski definition) is 1. The maximum atomic E-state index is 11.6. The topological polar surface area (TPSA) is 64.2 Å². The molecule has 0 aromatic carbocycles. The fourth-order valence-electron chi connectivity index (χ4n) is 1.34. The number of rotatable bonds is 5. The molecule has 15 heavy (non-hydrogen) atoms. The summed E-state index contributed by atoms with van der Waals surface area (Å²) in [6.07, 6.45) is 2.61. The summed E-state index contributed by atoms with van der Waals surface area (Å²) in [5.74, 6) is 0. The molecule has 2 N–H and O–H groups in total. The van der Waals surface area contributed by atoms with Crippen molar-refractivity contribution in [2.45, 2.75) is 19.9 Å². The summed E-state index contributed by atoms with van der Waals surface area (Å²) in [6.45, 7) is 3.97. The number of hydrogen-bond acceptors (Lipinski definition) is 4. The second kappa shape index (κ2) is 5.50. The molecule has 5 nitrogen and oxygen atoms in total. The van der Waals surface area contributed by atoms with Crippen LogP contribution in [0.5, 0.6) is 0 Å². The van der Waals surface area contributed by atoms with Crippen LogP contribution in [0, 0.1) is 0 Å². The molecule has 0 amide bonds. The highest BCUT2D eigenvalue weighted by Crippen LogP contribution is 2.05. The van der Waals surface area contributed by atoms with E-state index in [0.29, 0.717) is 13.1 Å².